The van der Waals surface area contributed by atoms with E-state index in [-0.39, 0.29) is 36.6 Å². The summed E-state index contributed by atoms with van der Waals surface area (Å²) in [4.78, 5) is 16.1. The number of hydrogen-bond acceptors (Lipinski definition) is 4. The standard InChI is InChI=1S/C11H19N3OS.2ClH/c1-7(5-12)9(15)14-11(3,4)10-13-8(2)6-16-10;;/h6-7H,5,12H2,1-4H3,(H,14,15);2*1H. The van der Waals surface area contributed by atoms with Crippen molar-refractivity contribution >= 4 is 42.1 Å². The van der Waals surface area contributed by atoms with E-state index in [0.717, 1.165) is 10.7 Å². The molecule has 1 unspecified atom stereocenters. The number of thiazole rings is 1. The van der Waals surface area contributed by atoms with Gasteiger partial charge in [0.25, 0.3) is 0 Å². The second kappa shape index (κ2) is 7.94. The van der Waals surface area contributed by atoms with Crippen LogP contribution in [0, 0.1) is 12.8 Å². The molecule has 1 rings (SSSR count). The highest BCUT2D eigenvalue weighted by Crippen LogP contribution is 2.23. The summed E-state index contributed by atoms with van der Waals surface area (Å²) in [5.74, 6) is -0.194. The number of aromatic nitrogens is 1. The van der Waals surface area contributed by atoms with E-state index in [9.17, 15) is 4.79 Å². The van der Waals surface area contributed by atoms with Crippen molar-refractivity contribution in [2.45, 2.75) is 33.2 Å². The number of amides is 1. The highest BCUT2D eigenvalue weighted by Gasteiger charge is 2.27. The van der Waals surface area contributed by atoms with Crippen LogP contribution in [0.15, 0.2) is 5.38 Å². The number of aryl methyl sites for hydroxylation is 1. The van der Waals surface area contributed by atoms with Crippen molar-refractivity contribution in [3.8, 4) is 0 Å². The molecular weight excluding hydrogens is 293 g/mol. The summed E-state index contributed by atoms with van der Waals surface area (Å²) in [6, 6.07) is 0. The van der Waals surface area contributed by atoms with Crippen LogP contribution in [-0.4, -0.2) is 17.4 Å². The van der Waals surface area contributed by atoms with Gasteiger partial charge in [-0.3, -0.25) is 4.79 Å². The van der Waals surface area contributed by atoms with Gasteiger partial charge in [0, 0.05) is 23.5 Å². The second-order valence-electron chi connectivity index (χ2n) is 4.55. The molecule has 0 spiro atoms. The summed E-state index contributed by atoms with van der Waals surface area (Å²) in [5, 5.41) is 5.87. The van der Waals surface area contributed by atoms with Gasteiger partial charge in [0.05, 0.1) is 5.54 Å². The molecule has 0 saturated carbocycles. The summed E-state index contributed by atoms with van der Waals surface area (Å²) < 4.78 is 0. The number of nitrogens with zero attached hydrogens (tertiary/aromatic N) is 1. The van der Waals surface area contributed by atoms with Crippen LogP contribution in [0.5, 0.6) is 0 Å². The first-order valence-electron chi connectivity index (χ1n) is 5.31. The Morgan fingerprint density at radius 2 is 2.11 bits per heavy atom. The van der Waals surface area contributed by atoms with Crippen molar-refractivity contribution < 1.29 is 4.79 Å². The molecule has 1 heterocycles. The van der Waals surface area contributed by atoms with Gasteiger partial charge in [0.15, 0.2) is 0 Å². The molecule has 0 aromatic carbocycles. The molecule has 0 saturated heterocycles. The lowest BCUT2D eigenvalue weighted by Crippen LogP contribution is -2.44. The predicted molar refractivity (Wildman–Crippen MR) is 80.7 cm³/mol. The van der Waals surface area contributed by atoms with Crippen LogP contribution in [0.4, 0.5) is 0 Å². The molecule has 3 N–H and O–H groups in total. The van der Waals surface area contributed by atoms with Crippen molar-refractivity contribution in [2.24, 2.45) is 11.7 Å². The van der Waals surface area contributed by atoms with Gasteiger partial charge in [-0.15, -0.1) is 36.2 Å². The number of carbonyl (C=O) groups excluding carboxylic acids is 1. The number of hydrogen-bond donors (Lipinski definition) is 2. The molecule has 0 aliphatic heterocycles. The lowest BCUT2D eigenvalue weighted by Gasteiger charge is -2.25. The number of halogens is 2. The van der Waals surface area contributed by atoms with Gasteiger partial charge in [-0.1, -0.05) is 6.92 Å². The van der Waals surface area contributed by atoms with E-state index in [4.69, 9.17) is 5.73 Å². The molecule has 0 fully saturated rings. The minimum absolute atomic E-state index is 0. The lowest BCUT2D eigenvalue weighted by atomic mass is 10.0. The van der Waals surface area contributed by atoms with E-state index in [0.29, 0.717) is 6.54 Å². The van der Waals surface area contributed by atoms with E-state index >= 15 is 0 Å². The van der Waals surface area contributed by atoms with Crippen molar-refractivity contribution in [3.05, 3.63) is 16.1 Å². The first-order valence-corrected chi connectivity index (χ1v) is 6.19. The van der Waals surface area contributed by atoms with Crippen LogP contribution >= 0.6 is 36.2 Å². The zero-order valence-corrected chi connectivity index (χ0v) is 13.5. The van der Waals surface area contributed by atoms with Crippen molar-refractivity contribution in [3.63, 3.8) is 0 Å². The first kappa shape index (κ1) is 20.0. The maximum Gasteiger partial charge on any atom is 0.224 e. The Labute approximate surface area is 125 Å². The highest BCUT2D eigenvalue weighted by molar-refractivity contribution is 7.09. The molecule has 7 heteroatoms. The van der Waals surface area contributed by atoms with Gasteiger partial charge in [-0.25, -0.2) is 4.98 Å². The van der Waals surface area contributed by atoms with E-state index < -0.39 is 5.54 Å². The SMILES string of the molecule is Cc1csc(C(C)(C)NC(=O)C(C)CN)n1.Cl.Cl. The number of nitrogens with one attached hydrogen (secondary N) is 1. The fourth-order valence-corrected chi connectivity index (χ4v) is 2.11. The topological polar surface area (TPSA) is 68.0 Å². The lowest BCUT2D eigenvalue weighted by molar-refractivity contribution is -0.125. The van der Waals surface area contributed by atoms with Gasteiger partial charge in [0.2, 0.25) is 5.91 Å². The third-order valence-electron chi connectivity index (χ3n) is 2.39. The highest BCUT2D eigenvalue weighted by atomic mass is 35.5. The summed E-state index contributed by atoms with van der Waals surface area (Å²) in [7, 11) is 0. The minimum Gasteiger partial charge on any atom is -0.344 e. The fourth-order valence-electron chi connectivity index (χ4n) is 1.23. The zero-order valence-electron chi connectivity index (χ0n) is 11.0. The Hall–Kier alpha value is -0.360. The van der Waals surface area contributed by atoms with E-state index in [1.807, 2.05) is 33.1 Å². The van der Waals surface area contributed by atoms with Crippen LogP contribution in [-0.2, 0) is 10.3 Å². The molecule has 18 heavy (non-hydrogen) atoms. The Balaban J connectivity index is 0. The van der Waals surface area contributed by atoms with Gasteiger partial charge in [-0.2, -0.15) is 0 Å². The van der Waals surface area contributed by atoms with Gasteiger partial charge in [0.1, 0.15) is 5.01 Å². The average molecular weight is 314 g/mol. The van der Waals surface area contributed by atoms with Crippen LogP contribution in [0.25, 0.3) is 0 Å². The molecule has 1 atom stereocenters. The van der Waals surface area contributed by atoms with Crippen LogP contribution in [0.2, 0.25) is 0 Å². The number of nitrogens with two attached hydrogens (primary N) is 1. The van der Waals surface area contributed by atoms with E-state index in [1.54, 1.807) is 11.3 Å². The quantitative estimate of drug-likeness (QED) is 0.895. The summed E-state index contributed by atoms with van der Waals surface area (Å²) >= 11 is 1.56. The smallest absolute Gasteiger partial charge is 0.224 e. The van der Waals surface area contributed by atoms with Crippen LogP contribution in [0.3, 0.4) is 0 Å². The van der Waals surface area contributed by atoms with Gasteiger partial charge >= 0.3 is 0 Å². The Morgan fingerprint density at radius 1 is 1.56 bits per heavy atom. The number of carbonyl (C=O) groups is 1. The summed E-state index contributed by atoms with van der Waals surface area (Å²) in [5.41, 5.74) is 6.01. The molecule has 4 nitrogen and oxygen atoms in total. The van der Waals surface area contributed by atoms with Crippen LogP contribution in [0.1, 0.15) is 31.5 Å². The summed E-state index contributed by atoms with van der Waals surface area (Å²) in [6.07, 6.45) is 0. The Kier molecular flexibility index (Phi) is 8.81. The second-order valence-corrected chi connectivity index (χ2v) is 5.40. The molecule has 1 aromatic rings. The maximum atomic E-state index is 11.8. The maximum absolute atomic E-state index is 11.8. The molecule has 1 aromatic heterocycles. The van der Waals surface area contributed by atoms with Crippen molar-refractivity contribution in [2.75, 3.05) is 6.54 Å². The molecule has 1 amide bonds. The third kappa shape index (κ3) is 5.10. The third-order valence-corrected chi connectivity index (χ3v) is 3.67. The molecule has 0 aliphatic rings. The number of rotatable bonds is 4. The van der Waals surface area contributed by atoms with Gasteiger partial charge in [-0.05, 0) is 20.8 Å². The normalized spacial score (nSPS) is 12.1. The fraction of sp³-hybridized carbons (Fsp3) is 0.636. The Morgan fingerprint density at radius 3 is 2.50 bits per heavy atom. The molecule has 0 aliphatic carbocycles. The predicted octanol–water partition coefficient (Wildman–Crippen LogP) is 2.24. The molecule has 106 valence electrons. The first-order chi connectivity index (χ1) is 7.36. The van der Waals surface area contributed by atoms with Gasteiger partial charge < -0.3 is 11.1 Å². The average Bonchev–Trinajstić information content (AvgIpc) is 2.63. The largest absolute Gasteiger partial charge is 0.344 e. The van der Waals surface area contributed by atoms with Crippen molar-refractivity contribution in [1.29, 1.82) is 0 Å². The minimum atomic E-state index is -0.431. The van der Waals surface area contributed by atoms with E-state index in [2.05, 4.69) is 10.3 Å². The monoisotopic (exact) mass is 313 g/mol. The zero-order chi connectivity index (χ0) is 12.3. The molecular formula is C11H21Cl2N3OS. The molecule has 0 radical (unpaired) electrons. The molecule has 0 bridgehead atoms. The van der Waals surface area contributed by atoms with E-state index in [1.165, 1.54) is 0 Å². The Bertz CT molecular complexity index is 382. The van der Waals surface area contributed by atoms with Crippen LogP contribution < -0.4 is 11.1 Å². The summed E-state index contributed by atoms with van der Waals surface area (Å²) in [6.45, 7) is 8.02. The van der Waals surface area contributed by atoms with Crippen molar-refractivity contribution in [1.82, 2.24) is 10.3 Å².